The normalized spacial score (nSPS) is 24.8. The van der Waals surface area contributed by atoms with Crippen molar-refractivity contribution in [2.24, 2.45) is 11.3 Å². The molecule has 2 saturated heterocycles. The van der Waals surface area contributed by atoms with Crippen LogP contribution in [0.15, 0.2) is 0 Å². The molecule has 0 spiro atoms. The Labute approximate surface area is 145 Å². The van der Waals surface area contributed by atoms with Gasteiger partial charge in [-0.3, -0.25) is 9.69 Å². The predicted molar refractivity (Wildman–Crippen MR) is 93.5 cm³/mol. The van der Waals surface area contributed by atoms with Crippen LogP contribution in [-0.4, -0.2) is 60.3 Å². The molecule has 140 valence electrons. The first kappa shape index (κ1) is 19.8. The van der Waals surface area contributed by atoms with Crippen molar-refractivity contribution in [1.29, 1.82) is 0 Å². The van der Waals surface area contributed by atoms with E-state index in [1.165, 1.54) is 0 Å². The average Bonchev–Trinajstić information content (AvgIpc) is 2.83. The number of ketones is 1. The maximum Gasteiger partial charge on any atom is 0.261 e. The van der Waals surface area contributed by atoms with Gasteiger partial charge >= 0.3 is 0 Å². The monoisotopic (exact) mass is 344 g/mol. The van der Waals surface area contributed by atoms with Gasteiger partial charge in [-0.2, -0.15) is 0 Å². The maximum absolute atomic E-state index is 13.6. The number of halogens is 2. The van der Waals surface area contributed by atoms with E-state index in [9.17, 15) is 13.6 Å². The van der Waals surface area contributed by atoms with Crippen LogP contribution in [0.4, 0.5) is 8.78 Å². The minimum absolute atomic E-state index is 0.0681. The highest BCUT2D eigenvalue weighted by molar-refractivity contribution is 5.85. The molecule has 0 aliphatic carbocycles. The SMILES string of the molecule is CC(C)CCC(=O)C1(CN2CCC(F)(F)C2)CCN(C(C)C)CC1. The van der Waals surface area contributed by atoms with Crippen LogP contribution in [0.5, 0.6) is 0 Å². The van der Waals surface area contributed by atoms with Gasteiger partial charge in [0.25, 0.3) is 5.92 Å². The van der Waals surface area contributed by atoms with Gasteiger partial charge in [-0.25, -0.2) is 8.78 Å². The molecule has 5 heteroatoms. The van der Waals surface area contributed by atoms with Crippen molar-refractivity contribution >= 4 is 5.78 Å². The number of carbonyl (C=O) groups is 1. The highest BCUT2D eigenvalue weighted by atomic mass is 19.3. The van der Waals surface area contributed by atoms with Crippen molar-refractivity contribution in [2.75, 3.05) is 32.7 Å². The molecule has 2 aliphatic heterocycles. The van der Waals surface area contributed by atoms with E-state index in [0.29, 0.717) is 37.3 Å². The molecule has 0 aromatic carbocycles. The Kier molecular flexibility index (Phi) is 6.40. The van der Waals surface area contributed by atoms with Crippen molar-refractivity contribution < 1.29 is 13.6 Å². The number of hydrogen-bond donors (Lipinski definition) is 0. The fourth-order valence-electron chi connectivity index (χ4n) is 4.05. The van der Waals surface area contributed by atoms with Crippen LogP contribution in [0.1, 0.15) is 59.8 Å². The molecular weight excluding hydrogens is 310 g/mol. The van der Waals surface area contributed by atoms with Crippen LogP contribution >= 0.6 is 0 Å². The van der Waals surface area contributed by atoms with Gasteiger partial charge in [-0.1, -0.05) is 13.8 Å². The van der Waals surface area contributed by atoms with Crippen LogP contribution in [0, 0.1) is 11.3 Å². The molecule has 3 nitrogen and oxygen atoms in total. The number of piperidine rings is 1. The van der Waals surface area contributed by atoms with Crippen LogP contribution in [0.25, 0.3) is 0 Å². The minimum atomic E-state index is -2.58. The second-order valence-electron chi connectivity index (χ2n) is 8.58. The zero-order valence-corrected chi connectivity index (χ0v) is 15.8. The third kappa shape index (κ3) is 4.98. The summed E-state index contributed by atoms with van der Waals surface area (Å²) in [7, 11) is 0. The molecule has 0 unspecified atom stereocenters. The summed E-state index contributed by atoms with van der Waals surface area (Å²) in [4.78, 5) is 17.2. The van der Waals surface area contributed by atoms with E-state index in [2.05, 4.69) is 32.6 Å². The Morgan fingerprint density at radius 2 is 1.67 bits per heavy atom. The van der Waals surface area contributed by atoms with Crippen molar-refractivity contribution in [1.82, 2.24) is 9.80 Å². The standard InChI is InChI=1S/C19H34F2N2O/c1-15(2)5-6-17(24)18(7-11-23(12-8-18)16(3)4)13-22-10-9-19(20,21)14-22/h15-16H,5-14H2,1-4H3. The van der Waals surface area contributed by atoms with Gasteiger partial charge < -0.3 is 4.90 Å². The number of rotatable bonds is 7. The first-order valence-electron chi connectivity index (χ1n) is 9.51. The van der Waals surface area contributed by atoms with E-state index in [1.807, 2.05) is 4.90 Å². The number of carbonyl (C=O) groups excluding carboxylic acids is 1. The zero-order valence-electron chi connectivity index (χ0n) is 15.8. The summed E-state index contributed by atoms with van der Waals surface area (Å²) < 4.78 is 27.1. The lowest BCUT2D eigenvalue weighted by molar-refractivity contribution is -0.134. The number of alkyl halides is 2. The summed E-state index contributed by atoms with van der Waals surface area (Å²) in [6, 6.07) is 0.477. The van der Waals surface area contributed by atoms with Crippen molar-refractivity contribution in [3.05, 3.63) is 0 Å². The summed E-state index contributed by atoms with van der Waals surface area (Å²) in [6.45, 7) is 11.2. The zero-order chi connectivity index (χ0) is 18.0. The summed E-state index contributed by atoms with van der Waals surface area (Å²) in [5.74, 6) is -1.78. The molecular formula is C19H34F2N2O. The van der Waals surface area contributed by atoms with Gasteiger partial charge in [-0.05, 0) is 52.1 Å². The summed E-state index contributed by atoms with van der Waals surface area (Å²) in [5.41, 5.74) is -0.416. The van der Waals surface area contributed by atoms with Crippen molar-refractivity contribution in [3.8, 4) is 0 Å². The largest absolute Gasteiger partial charge is 0.301 e. The number of nitrogens with zero attached hydrogens (tertiary/aromatic N) is 2. The van der Waals surface area contributed by atoms with E-state index in [4.69, 9.17) is 0 Å². The van der Waals surface area contributed by atoms with Crippen molar-refractivity contribution in [2.45, 2.75) is 71.8 Å². The molecule has 0 saturated carbocycles. The second kappa shape index (κ2) is 7.77. The quantitative estimate of drug-likeness (QED) is 0.701. The third-order valence-corrected chi connectivity index (χ3v) is 5.80. The molecule has 0 aromatic rings. The van der Waals surface area contributed by atoms with Gasteiger partial charge in [0, 0.05) is 37.4 Å². The van der Waals surface area contributed by atoms with Crippen LogP contribution < -0.4 is 0 Å². The summed E-state index contributed by atoms with van der Waals surface area (Å²) >= 11 is 0. The lowest BCUT2D eigenvalue weighted by Gasteiger charge is -2.44. The molecule has 2 heterocycles. The third-order valence-electron chi connectivity index (χ3n) is 5.80. The highest BCUT2D eigenvalue weighted by Crippen LogP contribution is 2.38. The number of hydrogen-bond acceptors (Lipinski definition) is 3. The lowest BCUT2D eigenvalue weighted by atomic mass is 9.72. The molecule has 0 aromatic heterocycles. The van der Waals surface area contributed by atoms with E-state index in [1.54, 1.807) is 0 Å². The molecule has 24 heavy (non-hydrogen) atoms. The fraction of sp³-hybridized carbons (Fsp3) is 0.947. The Balaban J connectivity index is 2.06. The Morgan fingerprint density at radius 1 is 1.04 bits per heavy atom. The molecule has 0 bridgehead atoms. The Morgan fingerprint density at radius 3 is 2.12 bits per heavy atom. The molecule has 0 N–H and O–H groups in total. The van der Waals surface area contributed by atoms with E-state index >= 15 is 0 Å². The molecule has 2 fully saturated rings. The molecule has 0 amide bonds. The first-order valence-corrected chi connectivity index (χ1v) is 9.51. The van der Waals surface area contributed by atoms with Gasteiger partial charge in [0.15, 0.2) is 0 Å². The van der Waals surface area contributed by atoms with Crippen molar-refractivity contribution in [3.63, 3.8) is 0 Å². The van der Waals surface area contributed by atoms with Gasteiger partial charge in [-0.15, -0.1) is 0 Å². The van der Waals surface area contributed by atoms with E-state index in [0.717, 1.165) is 32.4 Å². The first-order chi connectivity index (χ1) is 11.1. The topological polar surface area (TPSA) is 23.6 Å². The van der Waals surface area contributed by atoms with Gasteiger partial charge in [0.1, 0.15) is 5.78 Å². The fourth-order valence-corrected chi connectivity index (χ4v) is 4.05. The van der Waals surface area contributed by atoms with Crippen LogP contribution in [0.2, 0.25) is 0 Å². The summed E-state index contributed by atoms with van der Waals surface area (Å²) in [6.07, 6.45) is 3.03. The summed E-state index contributed by atoms with van der Waals surface area (Å²) in [5, 5.41) is 0. The van der Waals surface area contributed by atoms with Crippen LogP contribution in [0.3, 0.4) is 0 Å². The number of likely N-dealkylation sites (tertiary alicyclic amines) is 2. The smallest absolute Gasteiger partial charge is 0.261 e. The van der Waals surface area contributed by atoms with E-state index in [-0.39, 0.29) is 13.0 Å². The molecule has 2 aliphatic rings. The maximum atomic E-state index is 13.6. The Bertz CT molecular complexity index is 429. The van der Waals surface area contributed by atoms with E-state index < -0.39 is 11.3 Å². The lowest BCUT2D eigenvalue weighted by Crippen LogP contribution is -2.51. The van der Waals surface area contributed by atoms with Crippen LogP contribution in [-0.2, 0) is 4.79 Å². The second-order valence-corrected chi connectivity index (χ2v) is 8.58. The highest BCUT2D eigenvalue weighted by Gasteiger charge is 2.46. The molecule has 0 atom stereocenters. The molecule has 2 rings (SSSR count). The average molecular weight is 344 g/mol. The minimum Gasteiger partial charge on any atom is -0.301 e. The molecule has 0 radical (unpaired) electrons. The number of Topliss-reactive ketones (excluding diaryl/α,β-unsaturated/α-hetero) is 1. The van der Waals surface area contributed by atoms with Gasteiger partial charge in [0.05, 0.1) is 6.54 Å². The predicted octanol–water partition coefficient (Wildman–Crippen LogP) is 3.82. The Hall–Kier alpha value is -0.550. The van der Waals surface area contributed by atoms with Gasteiger partial charge in [0.2, 0.25) is 0 Å².